The van der Waals surface area contributed by atoms with Gasteiger partial charge in [-0.15, -0.1) is 18.3 Å². The average molecular weight is 897 g/mol. The highest BCUT2D eigenvalue weighted by atomic mass is 32.2. The smallest absolute Gasteiger partial charge is 0.239 e. The van der Waals surface area contributed by atoms with Crippen molar-refractivity contribution >= 4 is 23.4 Å². The summed E-state index contributed by atoms with van der Waals surface area (Å²) in [7, 11) is 0. The van der Waals surface area contributed by atoms with Crippen LogP contribution in [0.2, 0.25) is 0 Å². The molecule has 2 fully saturated rings. The number of aliphatic hydroxyl groups excluding tert-OH is 2. The van der Waals surface area contributed by atoms with E-state index >= 15 is 4.79 Å². The first-order valence-corrected chi connectivity index (χ1v) is 24.8. The quantitative estimate of drug-likeness (QED) is 0.0471. The van der Waals surface area contributed by atoms with Crippen LogP contribution >= 0.6 is 11.8 Å². The monoisotopic (exact) mass is 896 g/mol. The third-order valence-electron chi connectivity index (χ3n) is 13.6. The number of carbonyl (C=O) groups is 1. The zero-order valence-electron chi connectivity index (χ0n) is 38.3. The van der Waals surface area contributed by atoms with Gasteiger partial charge in [0, 0.05) is 49.0 Å². The summed E-state index contributed by atoms with van der Waals surface area (Å²) in [5.74, 6) is 0.326. The fourth-order valence-corrected chi connectivity index (χ4v) is 11.0. The lowest BCUT2D eigenvalue weighted by Gasteiger charge is -2.60. The van der Waals surface area contributed by atoms with Gasteiger partial charge in [-0.25, -0.2) is 4.39 Å². The fourth-order valence-electron chi connectivity index (χ4n) is 10.6. The third-order valence-corrected chi connectivity index (χ3v) is 14.3. The number of carbonyl (C=O) groups excluding carboxylic acids is 1. The van der Waals surface area contributed by atoms with Crippen LogP contribution in [0.1, 0.15) is 121 Å². The van der Waals surface area contributed by atoms with Crippen LogP contribution in [0.15, 0.2) is 101 Å². The number of hydrogen-bond donors (Lipinski definition) is 2. The molecule has 4 aliphatic rings. The van der Waals surface area contributed by atoms with Crippen LogP contribution in [-0.4, -0.2) is 70.2 Å². The van der Waals surface area contributed by atoms with E-state index in [9.17, 15) is 14.6 Å². The van der Waals surface area contributed by atoms with E-state index in [2.05, 4.69) is 37.1 Å². The number of unbranched alkanes of at least 4 members (excludes halogenated alkanes) is 2. The highest BCUT2D eigenvalue weighted by Gasteiger charge is 2.65. The highest BCUT2D eigenvalue weighted by Crippen LogP contribution is 2.62. The number of thioether (sulfide) groups is 1. The van der Waals surface area contributed by atoms with Crippen LogP contribution in [0.4, 0.5) is 4.39 Å². The Morgan fingerprint density at radius 3 is 2.34 bits per heavy atom. The molecule has 2 N–H and O–H groups in total. The molecule has 6 atom stereocenters. The molecule has 2 saturated carbocycles. The number of benzene rings is 3. The maximum Gasteiger partial charge on any atom is 0.239 e. The van der Waals surface area contributed by atoms with Crippen molar-refractivity contribution in [2.24, 2.45) is 28.8 Å². The second kappa shape index (κ2) is 21.9. The molecule has 3 aromatic carbocycles. The first-order valence-electron chi connectivity index (χ1n) is 23.6. The molecule has 0 spiro atoms. The van der Waals surface area contributed by atoms with E-state index in [1.807, 2.05) is 49.9 Å². The second-order valence-corrected chi connectivity index (χ2v) is 20.0. The van der Waals surface area contributed by atoms with E-state index < -0.39 is 23.3 Å². The number of ether oxygens (including phenoxy) is 3. The summed E-state index contributed by atoms with van der Waals surface area (Å²) >= 11 is 1.68. The number of aliphatic hydroxyl groups is 2. The largest absolute Gasteiger partial charge is 0.459 e. The lowest BCUT2D eigenvalue weighted by Crippen LogP contribution is -2.70. The number of oxime groups is 1. The van der Waals surface area contributed by atoms with Gasteiger partial charge in [0.25, 0.3) is 0 Å². The van der Waals surface area contributed by atoms with Crippen molar-refractivity contribution in [3.8, 4) is 17.2 Å². The van der Waals surface area contributed by atoms with Gasteiger partial charge in [-0.3, -0.25) is 4.79 Å². The predicted molar refractivity (Wildman–Crippen MR) is 252 cm³/mol. The Bertz CT molecular complexity index is 2080. The van der Waals surface area contributed by atoms with Gasteiger partial charge < -0.3 is 34.2 Å². The topological polar surface area (TPSA) is 110 Å². The molecule has 7 rings (SSSR count). The molecular weight excluding hydrogens is 828 g/mol. The van der Waals surface area contributed by atoms with Crippen molar-refractivity contribution in [3.05, 3.63) is 108 Å². The molecule has 9 nitrogen and oxygen atoms in total. The van der Waals surface area contributed by atoms with Crippen molar-refractivity contribution in [3.63, 3.8) is 0 Å². The Hall–Kier alpha value is -4.16. The van der Waals surface area contributed by atoms with Gasteiger partial charge in [0.05, 0.1) is 18.2 Å². The maximum absolute atomic E-state index is 15.1. The van der Waals surface area contributed by atoms with Crippen molar-refractivity contribution in [2.45, 2.75) is 139 Å². The maximum atomic E-state index is 15.1. The van der Waals surface area contributed by atoms with Gasteiger partial charge in [0.2, 0.25) is 11.7 Å². The Kier molecular flexibility index (Phi) is 16.3. The third kappa shape index (κ3) is 11.3. The second-order valence-electron chi connectivity index (χ2n) is 19.1. The van der Waals surface area contributed by atoms with E-state index in [0.717, 1.165) is 78.0 Å². The van der Waals surface area contributed by atoms with Gasteiger partial charge in [0.15, 0.2) is 0 Å². The molecule has 0 radical (unpaired) electrons. The minimum atomic E-state index is -1.40. The van der Waals surface area contributed by atoms with Crippen LogP contribution in [0.3, 0.4) is 0 Å². The predicted octanol–water partition coefficient (Wildman–Crippen LogP) is 11.8. The molecule has 0 saturated heterocycles. The van der Waals surface area contributed by atoms with Gasteiger partial charge in [-0.05, 0) is 143 Å². The van der Waals surface area contributed by atoms with Crippen molar-refractivity contribution < 1.29 is 38.4 Å². The molecule has 11 heteroatoms. The summed E-state index contributed by atoms with van der Waals surface area (Å²) in [4.78, 5) is 24.5. The molecule has 1 amide bonds. The molecular formula is C53H69FN2O7S. The molecule has 346 valence electrons. The summed E-state index contributed by atoms with van der Waals surface area (Å²) in [5, 5.41) is 25.0. The number of nitrogens with zero attached hydrogens (tertiary/aromatic N) is 2. The number of amides is 1. The lowest BCUT2D eigenvalue weighted by molar-refractivity contribution is -0.258. The Labute approximate surface area is 384 Å². The van der Waals surface area contributed by atoms with Crippen LogP contribution in [0, 0.1) is 29.5 Å². The van der Waals surface area contributed by atoms with E-state index in [-0.39, 0.29) is 55.8 Å². The minimum Gasteiger partial charge on any atom is -0.459 e. The Morgan fingerprint density at radius 2 is 1.67 bits per heavy atom. The highest BCUT2D eigenvalue weighted by molar-refractivity contribution is 7.98. The number of rotatable bonds is 21. The first-order chi connectivity index (χ1) is 31.0. The molecule has 3 aliphatic carbocycles. The number of fused-ring (bicyclic) bond motifs is 2. The van der Waals surface area contributed by atoms with E-state index in [0.29, 0.717) is 43.1 Å². The Balaban J connectivity index is 1.44. The normalized spacial score (nSPS) is 24.6. The average Bonchev–Trinajstić information content (AvgIpc) is 3.82. The zero-order valence-corrected chi connectivity index (χ0v) is 39.1. The number of allylic oxidation sites excluding steroid dienone is 1. The molecule has 3 aromatic rings. The Morgan fingerprint density at radius 1 is 0.969 bits per heavy atom. The fraction of sp³-hybridized carbons (Fsp3) is 0.547. The zero-order chi connectivity index (χ0) is 45.3. The van der Waals surface area contributed by atoms with Gasteiger partial charge in [-0.2, -0.15) is 0 Å². The number of halogens is 1. The molecule has 0 bridgehead atoms. The van der Waals surface area contributed by atoms with Gasteiger partial charge in [0.1, 0.15) is 34.7 Å². The van der Waals surface area contributed by atoms with E-state index in [1.165, 1.54) is 25.0 Å². The van der Waals surface area contributed by atoms with E-state index in [1.54, 1.807) is 30.0 Å². The van der Waals surface area contributed by atoms with E-state index in [4.69, 9.17) is 24.2 Å². The summed E-state index contributed by atoms with van der Waals surface area (Å²) < 4.78 is 35.7. The minimum absolute atomic E-state index is 0.00862. The van der Waals surface area contributed by atoms with Crippen molar-refractivity contribution in [2.75, 3.05) is 26.1 Å². The summed E-state index contributed by atoms with van der Waals surface area (Å²) in [6.45, 7) is 10.6. The van der Waals surface area contributed by atoms with Crippen molar-refractivity contribution in [1.29, 1.82) is 0 Å². The van der Waals surface area contributed by atoms with Crippen LogP contribution in [0.5, 0.6) is 17.2 Å². The van der Waals surface area contributed by atoms with Crippen LogP contribution < -0.4 is 9.47 Å². The van der Waals surface area contributed by atoms with Crippen molar-refractivity contribution in [1.82, 2.24) is 4.90 Å². The number of hydrogen-bond acceptors (Lipinski definition) is 9. The summed E-state index contributed by atoms with van der Waals surface area (Å²) in [5.41, 5.74) is 2.91. The van der Waals surface area contributed by atoms with Gasteiger partial charge in [-0.1, -0.05) is 68.0 Å². The molecule has 0 aromatic heterocycles. The SMILES string of the molecule is C=CCOC12Oc3ccc(Oc4ccc(SC)cc4)cc3C3C(CCCCO)C(CCCCO)C=C(C(=NOC(C)(C)C)CC1N(Cc1ccc(F)cc1)C(=O)CCC1CCCC1)C32. The van der Waals surface area contributed by atoms with Gasteiger partial charge >= 0.3 is 0 Å². The molecule has 1 aliphatic heterocycles. The summed E-state index contributed by atoms with van der Waals surface area (Å²) in [6.07, 6.45) is 16.9. The molecule has 64 heavy (non-hydrogen) atoms. The van der Waals surface area contributed by atoms with Crippen LogP contribution in [0.25, 0.3) is 0 Å². The van der Waals surface area contributed by atoms with Crippen LogP contribution in [-0.2, 0) is 20.9 Å². The lowest BCUT2D eigenvalue weighted by atomic mass is 9.55. The first kappa shape index (κ1) is 47.8. The molecule has 6 unspecified atom stereocenters. The summed E-state index contributed by atoms with van der Waals surface area (Å²) in [6, 6.07) is 19.8. The molecule has 1 heterocycles. The standard InChI is InChI=1S/C53H69FN2O7S/c1-6-31-60-53-48(56(35-37-17-20-39(54)21-18-37)49(59)28-19-36-13-7-8-14-36)34-46(55-63-52(2,3)4)44-32-38(15-9-11-29-57)43(16-10-12-30-58)50(51(44)53)45-33-41(24-27-47(45)62-53)61-40-22-25-42(64-5)26-23-40/h6,17-18,20-27,32-33,36,38,43,48,50-51,57-58H,1,7-16,19,28-31,34-35H2,2-5H3.